The SMILES string of the molecule is Nc1ncnc2c1ncn2[C@@H]1CC[C@H](O)C1=O. The van der Waals surface area contributed by atoms with Crippen LogP contribution in [0.15, 0.2) is 12.7 Å². The first kappa shape index (κ1) is 10.2. The number of ketones is 1. The van der Waals surface area contributed by atoms with Crippen molar-refractivity contribution in [2.24, 2.45) is 0 Å². The number of carbonyl (C=O) groups excluding carboxylic acids is 1. The number of hydrogen-bond donors (Lipinski definition) is 2. The highest BCUT2D eigenvalue weighted by Crippen LogP contribution is 2.29. The second-order valence-electron chi connectivity index (χ2n) is 4.09. The Hall–Kier alpha value is -2.02. The summed E-state index contributed by atoms with van der Waals surface area (Å²) in [5.74, 6) is 0.0984. The van der Waals surface area contributed by atoms with E-state index in [4.69, 9.17) is 5.73 Å². The van der Waals surface area contributed by atoms with Gasteiger partial charge in [0, 0.05) is 0 Å². The van der Waals surface area contributed by atoms with Gasteiger partial charge in [-0.1, -0.05) is 0 Å². The van der Waals surface area contributed by atoms with Crippen molar-refractivity contribution in [1.29, 1.82) is 0 Å². The van der Waals surface area contributed by atoms with Gasteiger partial charge in [0.1, 0.15) is 17.9 Å². The molecule has 7 nitrogen and oxygen atoms in total. The monoisotopic (exact) mass is 233 g/mol. The Morgan fingerprint density at radius 2 is 2.18 bits per heavy atom. The van der Waals surface area contributed by atoms with Crippen LogP contribution >= 0.6 is 0 Å². The molecule has 0 amide bonds. The molecule has 0 radical (unpaired) electrons. The van der Waals surface area contributed by atoms with Crippen LogP contribution in [0.5, 0.6) is 0 Å². The first-order valence-electron chi connectivity index (χ1n) is 5.33. The second-order valence-corrected chi connectivity index (χ2v) is 4.09. The van der Waals surface area contributed by atoms with Crippen LogP contribution in [0.1, 0.15) is 18.9 Å². The normalized spacial score (nSPS) is 24.6. The molecule has 1 aliphatic carbocycles. The average molecular weight is 233 g/mol. The van der Waals surface area contributed by atoms with E-state index in [1.54, 1.807) is 4.57 Å². The Morgan fingerprint density at radius 1 is 1.35 bits per heavy atom. The van der Waals surface area contributed by atoms with Crippen LogP contribution in [0.2, 0.25) is 0 Å². The van der Waals surface area contributed by atoms with Crippen LogP contribution in [-0.4, -0.2) is 36.5 Å². The number of hydrogen-bond acceptors (Lipinski definition) is 6. The number of nitrogens with zero attached hydrogens (tertiary/aromatic N) is 4. The molecule has 0 saturated heterocycles. The maximum Gasteiger partial charge on any atom is 0.184 e. The van der Waals surface area contributed by atoms with E-state index in [-0.39, 0.29) is 5.78 Å². The summed E-state index contributed by atoms with van der Waals surface area (Å²) in [5, 5.41) is 9.45. The number of nitrogens with two attached hydrogens (primary N) is 1. The zero-order chi connectivity index (χ0) is 12.0. The minimum atomic E-state index is -0.878. The van der Waals surface area contributed by atoms with Crippen molar-refractivity contribution in [1.82, 2.24) is 19.5 Å². The van der Waals surface area contributed by atoms with Gasteiger partial charge in [0.25, 0.3) is 0 Å². The zero-order valence-corrected chi connectivity index (χ0v) is 8.95. The van der Waals surface area contributed by atoms with Crippen LogP contribution in [-0.2, 0) is 4.79 Å². The molecule has 3 N–H and O–H groups in total. The summed E-state index contributed by atoms with van der Waals surface area (Å²) in [6.07, 6.45) is 3.05. The van der Waals surface area contributed by atoms with E-state index in [0.29, 0.717) is 29.8 Å². The Bertz CT molecular complexity index is 593. The molecule has 0 spiro atoms. The summed E-state index contributed by atoms with van der Waals surface area (Å²) in [7, 11) is 0. The minimum Gasteiger partial charge on any atom is -0.385 e. The number of imidazole rings is 1. The molecule has 88 valence electrons. The van der Waals surface area contributed by atoms with E-state index < -0.39 is 12.1 Å². The number of fused-ring (bicyclic) bond motifs is 1. The number of Topliss-reactive ketones (excluding diaryl/α,β-unsaturated/α-hetero) is 1. The van der Waals surface area contributed by atoms with Crippen molar-refractivity contribution < 1.29 is 9.90 Å². The summed E-state index contributed by atoms with van der Waals surface area (Å²) < 4.78 is 1.66. The summed E-state index contributed by atoms with van der Waals surface area (Å²) >= 11 is 0. The fraction of sp³-hybridized carbons (Fsp3) is 0.400. The van der Waals surface area contributed by atoms with E-state index in [0.717, 1.165) is 0 Å². The molecular weight excluding hydrogens is 222 g/mol. The zero-order valence-electron chi connectivity index (χ0n) is 8.95. The van der Waals surface area contributed by atoms with Crippen molar-refractivity contribution in [3.8, 4) is 0 Å². The Labute approximate surface area is 96.3 Å². The Balaban J connectivity index is 2.13. The van der Waals surface area contributed by atoms with Gasteiger partial charge in [-0.25, -0.2) is 15.0 Å². The Morgan fingerprint density at radius 3 is 2.88 bits per heavy atom. The number of aromatic nitrogens is 4. The standard InChI is InChI=1S/C10H11N5O2/c11-9-7-10(13-3-12-9)15(4-14-7)5-1-2-6(16)8(5)17/h3-6,16H,1-2H2,(H2,11,12,13)/t5-,6+/m1/s1. The van der Waals surface area contributed by atoms with E-state index in [9.17, 15) is 9.90 Å². The highest BCUT2D eigenvalue weighted by molar-refractivity contribution is 5.90. The van der Waals surface area contributed by atoms with E-state index in [1.807, 2.05) is 0 Å². The minimum absolute atomic E-state index is 0.193. The Kier molecular flexibility index (Phi) is 2.08. The molecule has 0 bridgehead atoms. The molecule has 2 aromatic heterocycles. The fourth-order valence-electron chi connectivity index (χ4n) is 2.20. The van der Waals surface area contributed by atoms with Crippen molar-refractivity contribution >= 4 is 22.8 Å². The largest absolute Gasteiger partial charge is 0.385 e. The van der Waals surface area contributed by atoms with Crippen LogP contribution < -0.4 is 5.73 Å². The summed E-state index contributed by atoms with van der Waals surface area (Å²) in [4.78, 5) is 23.8. The molecular formula is C10H11N5O2. The molecule has 1 saturated carbocycles. The second kappa shape index (κ2) is 3.49. The number of carbonyl (C=O) groups is 1. The van der Waals surface area contributed by atoms with E-state index in [1.165, 1.54) is 12.7 Å². The third-order valence-corrected chi connectivity index (χ3v) is 3.09. The molecule has 7 heteroatoms. The lowest BCUT2D eigenvalue weighted by atomic mass is 10.2. The van der Waals surface area contributed by atoms with Crippen LogP contribution in [0.25, 0.3) is 11.2 Å². The summed E-state index contributed by atoms with van der Waals surface area (Å²) in [6.45, 7) is 0. The third-order valence-electron chi connectivity index (χ3n) is 3.09. The topological polar surface area (TPSA) is 107 Å². The van der Waals surface area contributed by atoms with Gasteiger partial charge in [0.05, 0.1) is 12.4 Å². The first-order valence-corrected chi connectivity index (χ1v) is 5.33. The van der Waals surface area contributed by atoms with Crippen molar-refractivity contribution in [3.05, 3.63) is 12.7 Å². The average Bonchev–Trinajstić information content (AvgIpc) is 2.86. The smallest absolute Gasteiger partial charge is 0.184 e. The van der Waals surface area contributed by atoms with Gasteiger partial charge >= 0.3 is 0 Å². The number of anilines is 1. The summed E-state index contributed by atoms with van der Waals surface area (Å²) in [5.41, 5.74) is 6.69. The van der Waals surface area contributed by atoms with Gasteiger partial charge in [0.2, 0.25) is 0 Å². The van der Waals surface area contributed by atoms with Gasteiger partial charge in [-0.2, -0.15) is 0 Å². The third kappa shape index (κ3) is 1.39. The number of rotatable bonds is 1. The predicted octanol–water partition coefficient (Wildman–Crippen LogP) is -0.327. The molecule has 0 unspecified atom stereocenters. The van der Waals surface area contributed by atoms with Crippen LogP contribution in [0, 0.1) is 0 Å². The molecule has 17 heavy (non-hydrogen) atoms. The number of aliphatic hydroxyl groups excluding tert-OH is 1. The number of nitrogen functional groups attached to an aromatic ring is 1. The quantitative estimate of drug-likeness (QED) is 0.698. The van der Waals surface area contributed by atoms with Crippen LogP contribution in [0.4, 0.5) is 5.82 Å². The molecule has 1 fully saturated rings. The predicted molar refractivity (Wildman–Crippen MR) is 59.0 cm³/mol. The van der Waals surface area contributed by atoms with Gasteiger partial charge < -0.3 is 15.4 Å². The maximum atomic E-state index is 11.8. The molecule has 2 aromatic rings. The maximum absolute atomic E-state index is 11.8. The molecule has 2 atom stereocenters. The lowest BCUT2D eigenvalue weighted by Gasteiger charge is -2.10. The molecule has 2 heterocycles. The fourth-order valence-corrected chi connectivity index (χ4v) is 2.20. The van der Waals surface area contributed by atoms with Crippen molar-refractivity contribution in [3.63, 3.8) is 0 Å². The first-order chi connectivity index (χ1) is 8.18. The van der Waals surface area contributed by atoms with Gasteiger partial charge in [-0.3, -0.25) is 4.79 Å². The van der Waals surface area contributed by atoms with E-state index in [2.05, 4.69) is 15.0 Å². The van der Waals surface area contributed by atoms with Gasteiger partial charge in [0.15, 0.2) is 17.2 Å². The molecule has 0 aromatic carbocycles. The van der Waals surface area contributed by atoms with Gasteiger partial charge in [-0.05, 0) is 12.8 Å². The molecule has 3 rings (SSSR count). The van der Waals surface area contributed by atoms with Gasteiger partial charge in [-0.15, -0.1) is 0 Å². The highest BCUT2D eigenvalue weighted by atomic mass is 16.3. The van der Waals surface area contributed by atoms with Crippen LogP contribution in [0.3, 0.4) is 0 Å². The highest BCUT2D eigenvalue weighted by Gasteiger charge is 2.35. The molecule has 1 aliphatic rings. The lowest BCUT2D eigenvalue weighted by molar-refractivity contribution is -0.126. The van der Waals surface area contributed by atoms with E-state index >= 15 is 0 Å². The summed E-state index contributed by atoms with van der Waals surface area (Å²) in [6, 6.07) is -0.399. The molecule has 0 aliphatic heterocycles. The lowest BCUT2D eigenvalue weighted by Crippen LogP contribution is -2.21. The van der Waals surface area contributed by atoms with Crippen molar-refractivity contribution in [2.75, 3.05) is 5.73 Å². The number of aliphatic hydroxyl groups is 1. The van der Waals surface area contributed by atoms with Crippen molar-refractivity contribution in [2.45, 2.75) is 25.0 Å².